The van der Waals surface area contributed by atoms with E-state index >= 15 is 0 Å². The van der Waals surface area contributed by atoms with E-state index in [4.69, 9.17) is 16.6 Å². The van der Waals surface area contributed by atoms with Crippen LogP contribution in [0.25, 0.3) is 5.57 Å². The lowest BCUT2D eigenvalue weighted by Gasteiger charge is -2.27. The molecule has 0 amide bonds. The van der Waals surface area contributed by atoms with Crippen molar-refractivity contribution < 1.29 is 0 Å². The van der Waals surface area contributed by atoms with E-state index in [0.29, 0.717) is 0 Å². The molecular weight excluding hydrogens is 304 g/mol. The van der Waals surface area contributed by atoms with Gasteiger partial charge >= 0.3 is 0 Å². The van der Waals surface area contributed by atoms with Crippen molar-refractivity contribution in [2.75, 3.05) is 20.1 Å². The van der Waals surface area contributed by atoms with E-state index < -0.39 is 0 Å². The van der Waals surface area contributed by atoms with Gasteiger partial charge in [0.1, 0.15) is 0 Å². The van der Waals surface area contributed by atoms with Crippen LogP contribution in [-0.2, 0) is 12.8 Å². The van der Waals surface area contributed by atoms with Crippen LogP contribution in [0.5, 0.6) is 0 Å². The molecule has 2 aromatic rings. The van der Waals surface area contributed by atoms with Gasteiger partial charge < -0.3 is 4.90 Å². The molecule has 1 aromatic heterocycles. The zero-order valence-electron chi connectivity index (χ0n) is 13.5. The summed E-state index contributed by atoms with van der Waals surface area (Å²) in [6.07, 6.45) is 6.16. The summed E-state index contributed by atoms with van der Waals surface area (Å²) in [7, 11) is 2.20. The fraction of sp³-hybridized carbons (Fsp3) is 0.350. The SMILES string of the molecule is CN1CCC(=C2c3cccc(Cl)c3CCc3cccnc32)CC1. The van der Waals surface area contributed by atoms with Crippen molar-refractivity contribution in [3.63, 3.8) is 0 Å². The zero-order valence-corrected chi connectivity index (χ0v) is 14.2. The Balaban J connectivity index is 1.96. The first kappa shape index (κ1) is 14.9. The first-order valence-corrected chi connectivity index (χ1v) is 8.74. The van der Waals surface area contributed by atoms with E-state index in [1.54, 1.807) is 0 Å². The standard InChI is InChI=1S/C20H21ClN2/c1-23-12-9-14(10-13-23)19-17-5-2-6-18(21)16(17)8-7-15-4-3-11-22-20(15)19/h2-6,11H,7-10,12-13H2,1H3. The lowest BCUT2D eigenvalue weighted by atomic mass is 9.88. The predicted octanol–water partition coefficient (Wildman–Crippen LogP) is 4.36. The summed E-state index contributed by atoms with van der Waals surface area (Å²) in [5.41, 5.74) is 7.99. The largest absolute Gasteiger partial charge is 0.306 e. The topological polar surface area (TPSA) is 16.1 Å². The summed E-state index contributed by atoms with van der Waals surface area (Å²) >= 11 is 6.53. The third kappa shape index (κ3) is 2.71. The summed E-state index contributed by atoms with van der Waals surface area (Å²) in [5.74, 6) is 0. The molecule has 1 saturated heterocycles. The smallest absolute Gasteiger partial charge is 0.0739 e. The predicted molar refractivity (Wildman–Crippen MR) is 95.9 cm³/mol. The highest BCUT2D eigenvalue weighted by Crippen LogP contribution is 2.39. The second-order valence-electron chi connectivity index (χ2n) is 6.56. The number of pyridine rings is 1. The average molecular weight is 325 g/mol. The molecule has 2 heterocycles. The summed E-state index contributed by atoms with van der Waals surface area (Å²) in [4.78, 5) is 7.17. The number of benzene rings is 1. The van der Waals surface area contributed by atoms with E-state index in [2.05, 4.69) is 30.1 Å². The third-order valence-electron chi connectivity index (χ3n) is 5.10. The highest BCUT2D eigenvalue weighted by atomic mass is 35.5. The van der Waals surface area contributed by atoms with Gasteiger partial charge in [-0.2, -0.15) is 0 Å². The fourth-order valence-electron chi connectivity index (χ4n) is 3.80. The van der Waals surface area contributed by atoms with Crippen molar-refractivity contribution in [2.45, 2.75) is 25.7 Å². The number of aryl methyl sites for hydroxylation is 1. The molecule has 1 aromatic carbocycles. The van der Waals surface area contributed by atoms with Crippen LogP contribution in [0.4, 0.5) is 0 Å². The Morgan fingerprint density at radius 2 is 1.83 bits per heavy atom. The van der Waals surface area contributed by atoms with Gasteiger partial charge in [-0.05, 0) is 61.6 Å². The molecule has 118 valence electrons. The van der Waals surface area contributed by atoms with Crippen molar-refractivity contribution in [3.05, 3.63) is 69.5 Å². The number of nitrogens with zero attached hydrogens (tertiary/aromatic N) is 2. The number of hydrogen-bond donors (Lipinski definition) is 0. The zero-order chi connectivity index (χ0) is 15.8. The molecule has 0 atom stereocenters. The van der Waals surface area contributed by atoms with E-state index in [9.17, 15) is 0 Å². The van der Waals surface area contributed by atoms with E-state index in [1.807, 2.05) is 18.3 Å². The summed E-state index contributed by atoms with van der Waals surface area (Å²) in [5, 5.41) is 0.890. The van der Waals surface area contributed by atoms with Gasteiger partial charge in [-0.3, -0.25) is 4.98 Å². The maximum absolute atomic E-state index is 6.53. The van der Waals surface area contributed by atoms with Gasteiger partial charge in [-0.15, -0.1) is 0 Å². The van der Waals surface area contributed by atoms with Crippen LogP contribution in [0, 0.1) is 0 Å². The summed E-state index contributed by atoms with van der Waals surface area (Å²) in [6, 6.07) is 10.6. The average Bonchev–Trinajstić information content (AvgIpc) is 2.74. The van der Waals surface area contributed by atoms with Crippen LogP contribution in [0.15, 0.2) is 42.1 Å². The van der Waals surface area contributed by atoms with Crippen LogP contribution >= 0.6 is 11.6 Å². The Labute approximate surface area is 142 Å². The molecule has 0 saturated carbocycles. The van der Waals surface area contributed by atoms with Crippen LogP contribution in [-0.4, -0.2) is 30.0 Å². The Morgan fingerprint density at radius 3 is 2.65 bits per heavy atom. The quantitative estimate of drug-likeness (QED) is 0.715. The van der Waals surface area contributed by atoms with E-state index in [1.165, 1.54) is 33.5 Å². The number of likely N-dealkylation sites (tertiary alicyclic amines) is 1. The van der Waals surface area contributed by atoms with Crippen LogP contribution in [0.1, 0.15) is 35.2 Å². The van der Waals surface area contributed by atoms with Gasteiger partial charge in [-0.1, -0.05) is 35.4 Å². The van der Waals surface area contributed by atoms with Gasteiger partial charge in [-0.25, -0.2) is 0 Å². The molecule has 1 aliphatic heterocycles. The molecule has 2 aliphatic rings. The normalized spacial score (nSPS) is 18.3. The molecule has 0 spiro atoms. The Kier molecular flexibility index (Phi) is 3.96. The first-order chi connectivity index (χ1) is 11.2. The van der Waals surface area contributed by atoms with Gasteiger partial charge in [0.25, 0.3) is 0 Å². The molecule has 0 radical (unpaired) electrons. The van der Waals surface area contributed by atoms with Crippen LogP contribution in [0.2, 0.25) is 5.02 Å². The van der Waals surface area contributed by atoms with Crippen LogP contribution in [0.3, 0.4) is 0 Å². The van der Waals surface area contributed by atoms with Gasteiger partial charge in [0, 0.05) is 29.9 Å². The number of aromatic nitrogens is 1. The fourth-order valence-corrected chi connectivity index (χ4v) is 4.06. The van der Waals surface area contributed by atoms with Gasteiger partial charge in [0.2, 0.25) is 0 Å². The Morgan fingerprint density at radius 1 is 1.00 bits per heavy atom. The molecule has 0 bridgehead atoms. The van der Waals surface area contributed by atoms with Crippen molar-refractivity contribution in [1.82, 2.24) is 9.88 Å². The van der Waals surface area contributed by atoms with Crippen molar-refractivity contribution >= 4 is 17.2 Å². The molecule has 4 rings (SSSR count). The van der Waals surface area contributed by atoms with Crippen molar-refractivity contribution in [2.24, 2.45) is 0 Å². The number of piperidine rings is 1. The molecule has 1 aliphatic carbocycles. The lowest BCUT2D eigenvalue weighted by Crippen LogP contribution is -2.27. The maximum atomic E-state index is 6.53. The molecule has 2 nitrogen and oxygen atoms in total. The first-order valence-electron chi connectivity index (χ1n) is 8.36. The minimum absolute atomic E-state index is 0.890. The number of rotatable bonds is 0. The van der Waals surface area contributed by atoms with E-state index in [-0.39, 0.29) is 0 Å². The molecule has 0 N–H and O–H groups in total. The highest BCUT2D eigenvalue weighted by Gasteiger charge is 2.25. The van der Waals surface area contributed by atoms with Crippen molar-refractivity contribution in [1.29, 1.82) is 0 Å². The summed E-state index contributed by atoms with van der Waals surface area (Å²) < 4.78 is 0. The lowest BCUT2D eigenvalue weighted by molar-refractivity contribution is 0.313. The molecule has 23 heavy (non-hydrogen) atoms. The van der Waals surface area contributed by atoms with Gasteiger partial charge in [0.05, 0.1) is 5.69 Å². The summed E-state index contributed by atoms with van der Waals surface area (Å²) in [6.45, 7) is 2.24. The Hall–Kier alpha value is -1.64. The number of halogens is 1. The Bertz CT molecular complexity index is 769. The molecule has 3 heteroatoms. The van der Waals surface area contributed by atoms with Crippen molar-refractivity contribution in [3.8, 4) is 0 Å². The minimum atomic E-state index is 0.890. The van der Waals surface area contributed by atoms with E-state index in [0.717, 1.165) is 43.8 Å². The number of fused-ring (bicyclic) bond motifs is 2. The van der Waals surface area contributed by atoms with Gasteiger partial charge in [0.15, 0.2) is 0 Å². The molecule has 1 fully saturated rings. The third-order valence-corrected chi connectivity index (χ3v) is 5.46. The van der Waals surface area contributed by atoms with Crippen LogP contribution < -0.4 is 0 Å². The number of hydrogen-bond acceptors (Lipinski definition) is 2. The maximum Gasteiger partial charge on any atom is 0.0739 e. The minimum Gasteiger partial charge on any atom is -0.306 e. The molecular formula is C20H21ClN2. The second-order valence-corrected chi connectivity index (χ2v) is 6.97. The second kappa shape index (κ2) is 6.10. The molecule has 0 unspecified atom stereocenters. The highest BCUT2D eigenvalue weighted by molar-refractivity contribution is 6.31. The monoisotopic (exact) mass is 324 g/mol.